The first-order valence-corrected chi connectivity index (χ1v) is 12.0. The Morgan fingerprint density at radius 3 is 2.66 bits per heavy atom. The van der Waals surface area contributed by atoms with Crippen LogP contribution in [0, 0.1) is 0 Å². The summed E-state index contributed by atoms with van der Waals surface area (Å²) in [6.07, 6.45) is 5.71. The second-order valence-electron chi connectivity index (χ2n) is 9.94. The van der Waals surface area contributed by atoms with E-state index in [-0.39, 0.29) is 11.2 Å². The fraction of sp³-hybridized carbons (Fsp3) is 0.321. The Bertz CT molecular complexity index is 1500. The minimum absolute atomic E-state index is 0.0659. The zero-order valence-corrected chi connectivity index (χ0v) is 20.6. The number of nitrogens with one attached hydrogen (secondary N) is 1. The Labute approximate surface area is 204 Å². The molecule has 1 aliphatic heterocycles. The van der Waals surface area contributed by atoms with Crippen LogP contribution in [-0.2, 0) is 17.2 Å². The summed E-state index contributed by atoms with van der Waals surface area (Å²) < 4.78 is 7.43. The number of morpholine rings is 1. The van der Waals surface area contributed by atoms with Crippen LogP contribution in [-0.4, -0.2) is 60.1 Å². The van der Waals surface area contributed by atoms with Crippen molar-refractivity contribution in [2.75, 3.05) is 38.3 Å². The van der Waals surface area contributed by atoms with Crippen LogP contribution >= 0.6 is 0 Å². The van der Waals surface area contributed by atoms with Gasteiger partial charge in [0, 0.05) is 84.0 Å². The van der Waals surface area contributed by atoms with Crippen molar-refractivity contribution in [3.63, 3.8) is 0 Å². The fourth-order valence-electron chi connectivity index (χ4n) is 5.57. The van der Waals surface area contributed by atoms with E-state index < -0.39 is 0 Å². The lowest BCUT2D eigenvalue weighted by Crippen LogP contribution is -2.37. The van der Waals surface area contributed by atoms with Gasteiger partial charge in [0.1, 0.15) is 0 Å². The van der Waals surface area contributed by atoms with E-state index in [1.165, 1.54) is 0 Å². The van der Waals surface area contributed by atoms with Gasteiger partial charge in [-0.3, -0.25) is 14.5 Å². The first kappa shape index (κ1) is 21.8. The minimum Gasteiger partial charge on any atom is -0.378 e. The number of rotatable bonds is 3. The maximum atomic E-state index is 14.1. The molecule has 1 saturated heterocycles. The van der Waals surface area contributed by atoms with Crippen molar-refractivity contribution < 1.29 is 9.53 Å². The number of fused-ring (bicyclic) bond motifs is 4. The molecule has 178 valence electrons. The van der Waals surface area contributed by atoms with E-state index in [9.17, 15) is 4.79 Å². The number of ether oxygens (including phenoxy) is 1. The van der Waals surface area contributed by atoms with Crippen LogP contribution in [0.25, 0.3) is 22.0 Å². The van der Waals surface area contributed by atoms with E-state index >= 15 is 0 Å². The van der Waals surface area contributed by atoms with E-state index in [1.807, 2.05) is 37.8 Å². The molecule has 0 unspecified atom stereocenters. The summed E-state index contributed by atoms with van der Waals surface area (Å²) in [6.45, 7) is 7.43. The SMILES string of the molecule is C/N=C\c1ccc2c3c([nH]c2c1)C(C)(C)c1cc(N2CCOCC2)c(-c2cnn(C)c2)cc1C3=O. The number of aromatic nitrogens is 3. The molecule has 0 atom stereocenters. The van der Waals surface area contributed by atoms with Gasteiger partial charge in [0.15, 0.2) is 5.78 Å². The van der Waals surface area contributed by atoms with Gasteiger partial charge in [-0.1, -0.05) is 26.0 Å². The Hall–Kier alpha value is -3.71. The number of aliphatic imine (C=N–C) groups is 1. The second kappa shape index (κ2) is 7.92. The molecule has 3 heterocycles. The number of nitrogens with zero attached hydrogens (tertiary/aromatic N) is 4. The van der Waals surface area contributed by atoms with Crippen molar-refractivity contribution >= 4 is 28.6 Å². The molecule has 0 bridgehead atoms. The van der Waals surface area contributed by atoms with Gasteiger partial charge in [-0.15, -0.1) is 0 Å². The van der Waals surface area contributed by atoms with E-state index in [1.54, 1.807) is 11.7 Å². The molecule has 35 heavy (non-hydrogen) atoms. The number of carbonyl (C=O) groups is 1. The summed E-state index contributed by atoms with van der Waals surface area (Å²) in [7, 11) is 3.68. The summed E-state index contributed by atoms with van der Waals surface area (Å²) in [5, 5.41) is 5.36. The third kappa shape index (κ3) is 3.33. The Morgan fingerprint density at radius 1 is 1.14 bits per heavy atom. The van der Waals surface area contributed by atoms with Gasteiger partial charge in [-0.05, 0) is 29.3 Å². The van der Waals surface area contributed by atoms with Gasteiger partial charge in [-0.25, -0.2) is 0 Å². The molecule has 7 nitrogen and oxygen atoms in total. The Balaban J connectivity index is 1.59. The average Bonchev–Trinajstić information content (AvgIpc) is 3.47. The predicted molar refractivity (Wildman–Crippen MR) is 139 cm³/mol. The van der Waals surface area contributed by atoms with Crippen molar-refractivity contribution in [3.05, 3.63) is 70.7 Å². The molecular weight excluding hydrogens is 438 g/mol. The number of anilines is 1. The highest BCUT2D eigenvalue weighted by Crippen LogP contribution is 2.47. The lowest BCUT2D eigenvalue weighted by atomic mass is 9.70. The third-order valence-electron chi connectivity index (χ3n) is 7.37. The van der Waals surface area contributed by atoms with Crippen LogP contribution in [0.4, 0.5) is 5.69 Å². The van der Waals surface area contributed by atoms with Crippen molar-refractivity contribution in [1.29, 1.82) is 0 Å². The molecule has 6 rings (SSSR count). The molecule has 1 N–H and O–H groups in total. The van der Waals surface area contributed by atoms with E-state index in [2.05, 4.69) is 52.0 Å². The molecule has 7 heteroatoms. The summed E-state index contributed by atoms with van der Waals surface area (Å²) in [5.41, 5.74) is 8.32. The molecule has 0 saturated carbocycles. The molecule has 1 aliphatic carbocycles. The number of benzene rings is 2. The van der Waals surface area contributed by atoms with Gasteiger partial charge in [-0.2, -0.15) is 5.10 Å². The van der Waals surface area contributed by atoms with Crippen LogP contribution in [0.5, 0.6) is 0 Å². The van der Waals surface area contributed by atoms with Crippen LogP contribution in [0.1, 0.15) is 46.6 Å². The fourth-order valence-corrected chi connectivity index (χ4v) is 5.57. The number of hydrogen-bond acceptors (Lipinski definition) is 5. The smallest absolute Gasteiger partial charge is 0.195 e. The lowest BCUT2D eigenvalue weighted by molar-refractivity contribution is 0.103. The normalized spacial score (nSPS) is 17.3. The van der Waals surface area contributed by atoms with Gasteiger partial charge in [0.05, 0.1) is 25.0 Å². The van der Waals surface area contributed by atoms with Gasteiger partial charge in [0.2, 0.25) is 0 Å². The number of H-pyrrole nitrogens is 1. The maximum absolute atomic E-state index is 14.1. The Morgan fingerprint density at radius 2 is 1.94 bits per heavy atom. The second-order valence-corrected chi connectivity index (χ2v) is 9.94. The summed E-state index contributed by atoms with van der Waals surface area (Å²) in [6, 6.07) is 10.4. The highest BCUT2D eigenvalue weighted by molar-refractivity contribution is 6.21. The standard InChI is InChI=1S/C28H29N5O2/c1-28(2)22-13-24(33-7-9-35-10-8-33)20(18-15-30-32(4)16-18)12-21(22)26(34)25-19-6-5-17(14-29-3)11-23(19)31-27(25)28/h5-6,11-16,31H,7-10H2,1-4H3/b29-14-. The third-order valence-corrected chi connectivity index (χ3v) is 7.37. The minimum atomic E-state index is -0.370. The number of hydrogen-bond donors (Lipinski definition) is 1. The summed E-state index contributed by atoms with van der Waals surface area (Å²) in [5.74, 6) is 0.0659. The number of ketones is 1. The zero-order chi connectivity index (χ0) is 24.3. The van der Waals surface area contributed by atoms with E-state index in [0.717, 1.165) is 68.8 Å². The number of carbonyl (C=O) groups excluding carboxylic acids is 1. The molecule has 1 fully saturated rings. The van der Waals surface area contributed by atoms with Crippen molar-refractivity contribution in [2.24, 2.45) is 12.0 Å². The van der Waals surface area contributed by atoms with E-state index in [0.29, 0.717) is 13.2 Å². The molecule has 2 aromatic carbocycles. The first-order chi connectivity index (χ1) is 16.9. The van der Waals surface area contributed by atoms with Crippen LogP contribution < -0.4 is 4.90 Å². The largest absolute Gasteiger partial charge is 0.378 e. The first-order valence-electron chi connectivity index (χ1n) is 12.0. The molecule has 2 aromatic heterocycles. The van der Waals surface area contributed by atoms with Crippen LogP contribution in [0.15, 0.2) is 47.7 Å². The zero-order valence-electron chi connectivity index (χ0n) is 20.6. The monoisotopic (exact) mass is 467 g/mol. The Kier molecular flexibility index (Phi) is 4.93. The quantitative estimate of drug-likeness (QED) is 0.455. The topological polar surface area (TPSA) is 75.5 Å². The molecule has 0 radical (unpaired) electrons. The van der Waals surface area contributed by atoms with Gasteiger partial charge < -0.3 is 14.6 Å². The van der Waals surface area contributed by atoms with Crippen molar-refractivity contribution in [2.45, 2.75) is 19.3 Å². The summed E-state index contributed by atoms with van der Waals surface area (Å²) >= 11 is 0. The highest BCUT2D eigenvalue weighted by Gasteiger charge is 2.40. The number of aryl methyl sites for hydroxylation is 1. The van der Waals surface area contributed by atoms with Crippen molar-refractivity contribution in [3.8, 4) is 11.1 Å². The lowest BCUT2D eigenvalue weighted by Gasteiger charge is -2.36. The molecule has 0 spiro atoms. The molecule has 4 aromatic rings. The maximum Gasteiger partial charge on any atom is 0.195 e. The number of aromatic amines is 1. The molecule has 0 amide bonds. The summed E-state index contributed by atoms with van der Waals surface area (Å²) in [4.78, 5) is 24.2. The van der Waals surface area contributed by atoms with Gasteiger partial charge in [0.25, 0.3) is 0 Å². The average molecular weight is 468 g/mol. The van der Waals surface area contributed by atoms with E-state index in [4.69, 9.17) is 4.74 Å². The predicted octanol–water partition coefficient (Wildman–Crippen LogP) is 4.32. The van der Waals surface area contributed by atoms with Gasteiger partial charge >= 0.3 is 0 Å². The van der Waals surface area contributed by atoms with Crippen LogP contribution in [0.3, 0.4) is 0 Å². The van der Waals surface area contributed by atoms with Crippen LogP contribution in [0.2, 0.25) is 0 Å². The molecule has 2 aliphatic rings. The highest BCUT2D eigenvalue weighted by atomic mass is 16.5. The molecular formula is C28H29N5O2. The van der Waals surface area contributed by atoms with Crippen molar-refractivity contribution in [1.82, 2.24) is 14.8 Å².